The van der Waals surface area contributed by atoms with Crippen molar-refractivity contribution in [3.8, 4) is 0 Å². The standard InChI is InChI=1S/C6H12F2O3S/c1-2-3-4-5-12(9,10)11-6(7)8/h6H,2-5H2,1H3. The Labute approximate surface area is 70.8 Å². The van der Waals surface area contributed by atoms with E-state index in [2.05, 4.69) is 4.18 Å². The Bertz CT molecular complexity index is 201. The molecule has 0 radical (unpaired) electrons. The third-order valence-corrected chi connectivity index (χ3v) is 2.44. The SMILES string of the molecule is CCCCCS(=O)(=O)OC(F)F. The molecule has 0 aliphatic heterocycles. The van der Waals surface area contributed by atoms with E-state index in [0.717, 1.165) is 6.42 Å². The molecule has 0 heterocycles. The van der Waals surface area contributed by atoms with Crippen molar-refractivity contribution in [2.75, 3.05) is 5.75 Å². The zero-order valence-electron chi connectivity index (χ0n) is 6.79. The van der Waals surface area contributed by atoms with Gasteiger partial charge in [-0.1, -0.05) is 19.8 Å². The molecule has 0 spiro atoms. The molecule has 0 saturated carbocycles. The Morgan fingerprint density at radius 1 is 1.33 bits per heavy atom. The lowest BCUT2D eigenvalue weighted by molar-refractivity contribution is -0.0444. The summed E-state index contributed by atoms with van der Waals surface area (Å²) in [6.45, 7) is -1.35. The minimum atomic E-state index is -4.00. The lowest BCUT2D eigenvalue weighted by Gasteiger charge is -2.02. The molecule has 6 heteroatoms. The zero-order valence-corrected chi connectivity index (χ0v) is 7.61. The van der Waals surface area contributed by atoms with Crippen LogP contribution in [0, 0.1) is 0 Å². The maximum atomic E-state index is 11.4. The third-order valence-electron chi connectivity index (χ3n) is 1.22. The van der Waals surface area contributed by atoms with Crippen molar-refractivity contribution >= 4 is 10.1 Å². The molecule has 0 N–H and O–H groups in total. The fourth-order valence-electron chi connectivity index (χ4n) is 0.688. The van der Waals surface area contributed by atoms with E-state index in [-0.39, 0.29) is 5.75 Å². The number of hydrogen-bond donors (Lipinski definition) is 0. The lowest BCUT2D eigenvalue weighted by Crippen LogP contribution is -2.13. The molecular weight excluding hydrogens is 190 g/mol. The number of alkyl halides is 2. The highest BCUT2D eigenvalue weighted by Gasteiger charge is 2.16. The van der Waals surface area contributed by atoms with Crippen LogP contribution in [0.2, 0.25) is 0 Å². The summed E-state index contributed by atoms with van der Waals surface area (Å²) in [5.74, 6) is -0.328. The topological polar surface area (TPSA) is 43.4 Å². The molecule has 0 amide bonds. The van der Waals surface area contributed by atoms with E-state index in [9.17, 15) is 17.2 Å². The van der Waals surface area contributed by atoms with Gasteiger partial charge >= 0.3 is 6.61 Å². The lowest BCUT2D eigenvalue weighted by atomic mass is 10.3. The van der Waals surface area contributed by atoms with Gasteiger partial charge in [-0.05, 0) is 6.42 Å². The molecular formula is C6H12F2O3S. The summed E-state index contributed by atoms with van der Waals surface area (Å²) in [7, 11) is -4.00. The molecule has 0 atom stereocenters. The highest BCUT2D eigenvalue weighted by Crippen LogP contribution is 2.06. The summed E-state index contributed by atoms with van der Waals surface area (Å²) in [5, 5.41) is 0. The molecule has 0 aliphatic carbocycles. The van der Waals surface area contributed by atoms with Crippen LogP contribution in [-0.4, -0.2) is 20.8 Å². The molecule has 0 aromatic carbocycles. The first-order valence-electron chi connectivity index (χ1n) is 3.67. The van der Waals surface area contributed by atoms with Crippen LogP contribution in [0.1, 0.15) is 26.2 Å². The van der Waals surface area contributed by atoms with Gasteiger partial charge in [0.1, 0.15) is 0 Å². The van der Waals surface area contributed by atoms with Gasteiger partial charge in [0.2, 0.25) is 0 Å². The largest absolute Gasteiger partial charge is 0.358 e. The van der Waals surface area contributed by atoms with E-state index in [1.807, 2.05) is 6.92 Å². The molecule has 3 nitrogen and oxygen atoms in total. The normalized spacial score (nSPS) is 12.3. The number of hydrogen-bond acceptors (Lipinski definition) is 3. The van der Waals surface area contributed by atoms with Gasteiger partial charge in [0.05, 0.1) is 5.75 Å². The molecule has 12 heavy (non-hydrogen) atoms. The van der Waals surface area contributed by atoms with Gasteiger partial charge in [-0.2, -0.15) is 17.2 Å². The Balaban J connectivity index is 3.73. The number of halogens is 2. The molecule has 0 aromatic heterocycles. The Morgan fingerprint density at radius 2 is 1.92 bits per heavy atom. The highest BCUT2D eigenvalue weighted by molar-refractivity contribution is 7.86. The molecule has 74 valence electrons. The second kappa shape index (κ2) is 5.42. The Morgan fingerprint density at radius 3 is 2.33 bits per heavy atom. The minimum absolute atomic E-state index is 0.328. The van der Waals surface area contributed by atoms with E-state index < -0.39 is 16.7 Å². The van der Waals surface area contributed by atoms with Crippen LogP contribution in [0.3, 0.4) is 0 Å². The van der Waals surface area contributed by atoms with Gasteiger partial charge in [0.15, 0.2) is 0 Å². The van der Waals surface area contributed by atoms with Crippen molar-refractivity contribution in [1.29, 1.82) is 0 Å². The fraction of sp³-hybridized carbons (Fsp3) is 1.00. The first kappa shape index (κ1) is 11.8. The predicted molar refractivity (Wildman–Crippen MR) is 40.4 cm³/mol. The molecule has 0 bridgehead atoms. The first-order valence-corrected chi connectivity index (χ1v) is 5.25. The Kier molecular flexibility index (Phi) is 5.32. The average molecular weight is 202 g/mol. The van der Waals surface area contributed by atoms with Gasteiger partial charge in [0, 0.05) is 0 Å². The Hall–Kier alpha value is -0.230. The van der Waals surface area contributed by atoms with Crippen LogP contribution in [-0.2, 0) is 14.3 Å². The fourth-order valence-corrected chi connectivity index (χ4v) is 1.56. The maximum absolute atomic E-state index is 11.4. The summed E-state index contributed by atoms with van der Waals surface area (Å²) >= 11 is 0. The van der Waals surface area contributed by atoms with Crippen LogP contribution in [0.15, 0.2) is 0 Å². The quantitative estimate of drug-likeness (QED) is 0.486. The second-order valence-electron chi connectivity index (χ2n) is 2.33. The number of unbranched alkanes of at least 4 members (excludes halogenated alkanes) is 2. The van der Waals surface area contributed by atoms with Crippen LogP contribution in [0.25, 0.3) is 0 Å². The van der Waals surface area contributed by atoms with Crippen molar-refractivity contribution < 1.29 is 21.4 Å². The van der Waals surface area contributed by atoms with Crippen LogP contribution < -0.4 is 0 Å². The molecule has 0 aromatic rings. The van der Waals surface area contributed by atoms with Gasteiger partial charge in [-0.25, -0.2) is 4.18 Å². The zero-order chi connectivity index (χ0) is 9.61. The predicted octanol–water partition coefficient (Wildman–Crippen LogP) is 1.75. The summed E-state index contributed by atoms with van der Waals surface area (Å²) in [4.78, 5) is 0. The third kappa shape index (κ3) is 6.48. The second-order valence-corrected chi connectivity index (χ2v) is 4.04. The van der Waals surface area contributed by atoms with E-state index >= 15 is 0 Å². The molecule has 0 unspecified atom stereocenters. The van der Waals surface area contributed by atoms with Crippen LogP contribution >= 0.6 is 0 Å². The molecule has 0 saturated heterocycles. The van der Waals surface area contributed by atoms with Crippen molar-refractivity contribution in [2.45, 2.75) is 32.8 Å². The molecule has 0 aliphatic rings. The summed E-state index contributed by atoms with van der Waals surface area (Å²) in [6.07, 6.45) is 1.90. The first-order chi connectivity index (χ1) is 5.48. The minimum Gasteiger partial charge on any atom is -0.203 e. The van der Waals surface area contributed by atoms with Gasteiger partial charge in [-0.3, -0.25) is 0 Å². The summed E-state index contributed by atoms with van der Waals surface area (Å²) in [6, 6.07) is 0. The van der Waals surface area contributed by atoms with E-state index in [1.165, 1.54) is 0 Å². The van der Waals surface area contributed by atoms with Crippen molar-refractivity contribution in [3.63, 3.8) is 0 Å². The summed E-state index contributed by atoms with van der Waals surface area (Å²) < 4.78 is 47.5. The molecule has 0 fully saturated rings. The van der Waals surface area contributed by atoms with Crippen LogP contribution in [0.4, 0.5) is 8.78 Å². The summed E-state index contributed by atoms with van der Waals surface area (Å²) in [5.41, 5.74) is 0. The van der Waals surface area contributed by atoms with Gasteiger partial charge < -0.3 is 0 Å². The monoisotopic (exact) mass is 202 g/mol. The van der Waals surface area contributed by atoms with Gasteiger partial charge in [-0.15, -0.1) is 0 Å². The average Bonchev–Trinajstić information content (AvgIpc) is 1.84. The van der Waals surface area contributed by atoms with Gasteiger partial charge in [0.25, 0.3) is 10.1 Å². The van der Waals surface area contributed by atoms with Crippen LogP contribution in [0.5, 0.6) is 0 Å². The van der Waals surface area contributed by atoms with Crippen molar-refractivity contribution in [2.24, 2.45) is 0 Å². The van der Waals surface area contributed by atoms with E-state index in [0.29, 0.717) is 12.8 Å². The highest BCUT2D eigenvalue weighted by atomic mass is 32.2. The molecule has 0 rings (SSSR count). The smallest absolute Gasteiger partial charge is 0.203 e. The van der Waals surface area contributed by atoms with E-state index in [4.69, 9.17) is 0 Å². The van der Waals surface area contributed by atoms with Crippen molar-refractivity contribution in [3.05, 3.63) is 0 Å². The maximum Gasteiger partial charge on any atom is 0.358 e. The van der Waals surface area contributed by atoms with E-state index in [1.54, 1.807) is 0 Å². The van der Waals surface area contributed by atoms with Crippen molar-refractivity contribution in [1.82, 2.24) is 0 Å². The number of rotatable bonds is 6.